The smallest absolute Gasteiger partial charge is 0.406 e. The summed E-state index contributed by atoms with van der Waals surface area (Å²) >= 11 is 0. The zero-order valence-electron chi connectivity index (χ0n) is 10.9. The molecule has 9 heteroatoms. The minimum absolute atomic E-state index is 0.110. The van der Waals surface area contributed by atoms with Crippen molar-refractivity contribution in [2.45, 2.75) is 6.36 Å². The molecular formula is C11H15F3N2O3S. The maximum absolute atomic E-state index is 11.9. The second-order valence-electron chi connectivity index (χ2n) is 4.10. The number of halogens is 3. The van der Waals surface area contributed by atoms with Crippen molar-refractivity contribution in [1.29, 1.82) is 0 Å². The molecule has 0 aliphatic rings. The van der Waals surface area contributed by atoms with E-state index < -0.39 is 16.4 Å². The molecule has 20 heavy (non-hydrogen) atoms. The lowest BCUT2D eigenvalue weighted by Gasteiger charge is -2.13. The van der Waals surface area contributed by atoms with Gasteiger partial charge in [-0.25, -0.2) is 12.7 Å². The van der Waals surface area contributed by atoms with Crippen molar-refractivity contribution < 1.29 is 26.3 Å². The normalized spacial score (nSPS) is 12.5. The van der Waals surface area contributed by atoms with Gasteiger partial charge in [-0.05, 0) is 24.3 Å². The molecule has 0 unspecified atom stereocenters. The maximum Gasteiger partial charge on any atom is 0.573 e. The van der Waals surface area contributed by atoms with E-state index >= 15 is 0 Å². The highest BCUT2D eigenvalue weighted by Gasteiger charge is 2.30. The predicted octanol–water partition coefficient (Wildman–Crippen LogP) is 1.89. The van der Waals surface area contributed by atoms with Crippen LogP contribution in [0.3, 0.4) is 0 Å². The van der Waals surface area contributed by atoms with E-state index in [-0.39, 0.29) is 18.0 Å². The van der Waals surface area contributed by atoms with Gasteiger partial charge in [0.1, 0.15) is 5.75 Å². The number of ether oxygens (including phenoxy) is 1. The number of rotatable bonds is 6. The number of hydrogen-bond acceptors (Lipinski definition) is 4. The van der Waals surface area contributed by atoms with Gasteiger partial charge >= 0.3 is 6.36 Å². The number of nitrogens with zero attached hydrogens (tertiary/aromatic N) is 1. The molecule has 0 aliphatic heterocycles. The Morgan fingerprint density at radius 3 is 2.20 bits per heavy atom. The summed E-state index contributed by atoms with van der Waals surface area (Å²) < 4.78 is 63.6. The SMILES string of the molecule is CN(C)S(=O)(=O)CCNc1ccc(OC(F)(F)F)cc1. The molecule has 1 rings (SSSR count). The Bertz CT molecular complexity index is 527. The summed E-state index contributed by atoms with van der Waals surface area (Å²) in [6, 6.07) is 5.05. The molecule has 0 amide bonds. The Balaban J connectivity index is 2.51. The van der Waals surface area contributed by atoms with Crippen molar-refractivity contribution in [1.82, 2.24) is 4.31 Å². The van der Waals surface area contributed by atoms with Crippen LogP contribution in [0.1, 0.15) is 0 Å². The van der Waals surface area contributed by atoms with Gasteiger partial charge in [0.25, 0.3) is 0 Å². The summed E-state index contributed by atoms with van der Waals surface area (Å²) in [5, 5.41) is 2.80. The molecule has 114 valence electrons. The third-order valence-corrected chi connectivity index (χ3v) is 4.17. The summed E-state index contributed by atoms with van der Waals surface area (Å²) in [6.07, 6.45) is -4.73. The Hall–Kier alpha value is -1.48. The highest BCUT2D eigenvalue weighted by molar-refractivity contribution is 7.89. The second kappa shape index (κ2) is 6.31. The van der Waals surface area contributed by atoms with E-state index in [0.717, 1.165) is 16.4 Å². The van der Waals surface area contributed by atoms with Crippen molar-refractivity contribution in [2.24, 2.45) is 0 Å². The predicted molar refractivity (Wildman–Crippen MR) is 69.1 cm³/mol. The van der Waals surface area contributed by atoms with Crippen molar-refractivity contribution in [3.8, 4) is 5.75 Å². The number of nitrogens with one attached hydrogen (secondary N) is 1. The standard InChI is InChI=1S/C11H15F3N2O3S/c1-16(2)20(17,18)8-7-15-9-3-5-10(6-4-9)19-11(12,13)14/h3-6,15H,7-8H2,1-2H3. The Kier molecular flexibility index (Phi) is 5.23. The number of benzene rings is 1. The first-order valence-electron chi connectivity index (χ1n) is 5.60. The van der Waals surface area contributed by atoms with Crippen LogP contribution in [-0.2, 0) is 10.0 Å². The molecular weight excluding hydrogens is 297 g/mol. The minimum Gasteiger partial charge on any atom is -0.406 e. The van der Waals surface area contributed by atoms with E-state index in [1.807, 2.05) is 0 Å². The molecule has 0 aromatic heterocycles. The number of alkyl halides is 3. The first-order valence-corrected chi connectivity index (χ1v) is 7.21. The van der Waals surface area contributed by atoms with E-state index in [1.165, 1.54) is 26.2 Å². The molecule has 0 spiro atoms. The fraction of sp³-hybridized carbons (Fsp3) is 0.455. The molecule has 1 N–H and O–H groups in total. The molecule has 5 nitrogen and oxygen atoms in total. The van der Waals surface area contributed by atoms with Gasteiger partial charge in [-0.1, -0.05) is 0 Å². The quantitative estimate of drug-likeness (QED) is 0.871. The molecule has 0 saturated heterocycles. The average molecular weight is 312 g/mol. The molecule has 0 atom stereocenters. The number of hydrogen-bond donors (Lipinski definition) is 1. The molecule has 0 saturated carbocycles. The summed E-state index contributed by atoms with van der Waals surface area (Å²) in [7, 11) is -0.445. The van der Waals surface area contributed by atoms with E-state index in [2.05, 4.69) is 10.1 Å². The highest BCUT2D eigenvalue weighted by atomic mass is 32.2. The zero-order chi connectivity index (χ0) is 15.4. The fourth-order valence-corrected chi connectivity index (χ4v) is 2.01. The van der Waals surface area contributed by atoms with Crippen molar-refractivity contribution in [3.63, 3.8) is 0 Å². The van der Waals surface area contributed by atoms with Gasteiger partial charge in [0.05, 0.1) is 5.75 Å². The molecule has 1 aromatic carbocycles. The van der Waals surface area contributed by atoms with Gasteiger partial charge in [-0.15, -0.1) is 13.2 Å². The van der Waals surface area contributed by atoms with Crippen LogP contribution in [-0.4, -0.2) is 45.5 Å². The third-order valence-electron chi connectivity index (χ3n) is 2.33. The van der Waals surface area contributed by atoms with Crippen LogP contribution in [0.2, 0.25) is 0 Å². The highest BCUT2D eigenvalue weighted by Crippen LogP contribution is 2.23. The van der Waals surface area contributed by atoms with Crippen molar-refractivity contribution in [3.05, 3.63) is 24.3 Å². The molecule has 0 fully saturated rings. The van der Waals surface area contributed by atoms with Crippen LogP contribution >= 0.6 is 0 Å². The summed E-state index contributed by atoms with van der Waals surface area (Å²) in [6.45, 7) is 0.153. The van der Waals surface area contributed by atoms with Crippen LogP contribution in [0.4, 0.5) is 18.9 Å². The topological polar surface area (TPSA) is 58.6 Å². The molecule has 0 aliphatic carbocycles. The number of anilines is 1. The van der Waals surface area contributed by atoms with E-state index in [9.17, 15) is 21.6 Å². The first kappa shape index (κ1) is 16.6. The van der Waals surface area contributed by atoms with Gasteiger partial charge in [0.2, 0.25) is 10.0 Å². The van der Waals surface area contributed by atoms with E-state index in [0.29, 0.717) is 5.69 Å². The van der Waals surface area contributed by atoms with Crippen molar-refractivity contribution >= 4 is 15.7 Å². The molecule has 1 aromatic rings. The largest absolute Gasteiger partial charge is 0.573 e. The van der Waals surface area contributed by atoms with Gasteiger partial charge < -0.3 is 10.1 Å². The molecule has 0 radical (unpaired) electrons. The number of sulfonamides is 1. The minimum atomic E-state index is -4.73. The van der Waals surface area contributed by atoms with Gasteiger partial charge in [-0.3, -0.25) is 0 Å². The summed E-state index contributed by atoms with van der Waals surface area (Å²) in [4.78, 5) is 0. The average Bonchev–Trinajstić information content (AvgIpc) is 2.29. The van der Waals surface area contributed by atoms with Gasteiger partial charge in [-0.2, -0.15) is 0 Å². The second-order valence-corrected chi connectivity index (χ2v) is 6.40. The van der Waals surface area contributed by atoms with E-state index in [1.54, 1.807) is 0 Å². The van der Waals surface area contributed by atoms with Crippen LogP contribution in [0.25, 0.3) is 0 Å². The fourth-order valence-electron chi connectivity index (χ4n) is 1.28. The maximum atomic E-state index is 11.9. The zero-order valence-corrected chi connectivity index (χ0v) is 11.8. The molecule has 0 heterocycles. The van der Waals surface area contributed by atoms with Crippen LogP contribution in [0.5, 0.6) is 5.75 Å². The summed E-state index contributed by atoms with van der Waals surface area (Å²) in [5.41, 5.74) is 0.508. The van der Waals surface area contributed by atoms with Gasteiger partial charge in [0, 0.05) is 26.3 Å². The summed E-state index contributed by atoms with van der Waals surface area (Å²) in [5.74, 6) is -0.440. The van der Waals surface area contributed by atoms with Crippen LogP contribution in [0, 0.1) is 0 Å². The Morgan fingerprint density at radius 2 is 1.75 bits per heavy atom. The van der Waals surface area contributed by atoms with Crippen LogP contribution < -0.4 is 10.1 Å². The lowest BCUT2D eigenvalue weighted by Crippen LogP contribution is -2.28. The Morgan fingerprint density at radius 1 is 1.20 bits per heavy atom. The lowest BCUT2D eigenvalue weighted by atomic mass is 10.3. The van der Waals surface area contributed by atoms with Crippen molar-refractivity contribution in [2.75, 3.05) is 31.7 Å². The third kappa shape index (κ3) is 5.66. The first-order chi connectivity index (χ1) is 9.10. The monoisotopic (exact) mass is 312 g/mol. The lowest BCUT2D eigenvalue weighted by molar-refractivity contribution is -0.274. The molecule has 0 bridgehead atoms. The van der Waals surface area contributed by atoms with E-state index in [4.69, 9.17) is 0 Å². The van der Waals surface area contributed by atoms with Crippen LogP contribution in [0.15, 0.2) is 24.3 Å². The van der Waals surface area contributed by atoms with Gasteiger partial charge in [0.15, 0.2) is 0 Å². The Labute approximate surface area is 115 Å².